The average molecular weight is 220 g/mol. The molecule has 1 aliphatic rings. The zero-order valence-corrected chi connectivity index (χ0v) is 7.45. The van der Waals surface area contributed by atoms with Gasteiger partial charge < -0.3 is 5.11 Å². The zero-order valence-electron chi connectivity index (χ0n) is 7.45. The van der Waals surface area contributed by atoms with Gasteiger partial charge in [-0.1, -0.05) is 0 Å². The van der Waals surface area contributed by atoms with Crippen molar-refractivity contribution in [2.75, 3.05) is 0 Å². The normalized spacial score (nSPS) is 18.9. The van der Waals surface area contributed by atoms with Gasteiger partial charge in [-0.2, -0.15) is 0 Å². The van der Waals surface area contributed by atoms with Crippen molar-refractivity contribution >= 4 is 5.97 Å². The number of rotatable bonds is 2. The highest BCUT2D eigenvalue weighted by molar-refractivity contribution is 5.83. The Balaban J connectivity index is 2.47. The summed E-state index contributed by atoms with van der Waals surface area (Å²) >= 11 is 0. The average Bonchev–Trinajstić information content (AvgIpc) is 2.75. The van der Waals surface area contributed by atoms with Crippen LogP contribution in [0, 0.1) is 0 Å². The van der Waals surface area contributed by atoms with Gasteiger partial charge in [-0.15, -0.1) is 13.2 Å². The Kier molecular flexibility index (Phi) is 1.83. The predicted molar refractivity (Wildman–Crippen MR) is 42.1 cm³/mol. The van der Waals surface area contributed by atoms with Crippen molar-refractivity contribution in [1.82, 2.24) is 9.55 Å². The molecule has 1 saturated carbocycles. The number of aliphatic carboxylic acids is 1. The molecule has 7 heteroatoms. The summed E-state index contributed by atoms with van der Waals surface area (Å²) in [7, 11) is 0. The quantitative estimate of drug-likeness (QED) is 0.821. The highest BCUT2D eigenvalue weighted by Gasteiger charge is 2.57. The van der Waals surface area contributed by atoms with Crippen LogP contribution in [0.4, 0.5) is 13.2 Å². The lowest BCUT2D eigenvalue weighted by Crippen LogP contribution is -2.29. The second-order valence-electron chi connectivity index (χ2n) is 3.48. The Morgan fingerprint density at radius 1 is 1.53 bits per heavy atom. The second-order valence-corrected chi connectivity index (χ2v) is 3.48. The van der Waals surface area contributed by atoms with E-state index in [4.69, 9.17) is 5.11 Å². The van der Waals surface area contributed by atoms with Crippen LogP contribution in [0.15, 0.2) is 12.4 Å². The molecule has 0 aliphatic heterocycles. The van der Waals surface area contributed by atoms with E-state index >= 15 is 0 Å². The number of alkyl halides is 3. The van der Waals surface area contributed by atoms with Gasteiger partial charge in [-0.3, -0.25) is 4.79 Å². The van der Waals surface area contributed by atoms with Crippen LogP contribution < -0.4 is 0 Å². The van der Waals surface area contributed by atoms with E-state index in [1.54, 1.807) is 0 Å². The number of nitrogens with zero attached hydrogens (tertiary/aromatic N) is 2. The highest BCUT2D eigenvalue weighted by atomic mass is 19.4. The Bertz CT molecular complexity index is 406. The molecule has 1 aromatic heterocycles. The minimum absolute atomic E-state index is 0.0336. The highest BCUT2D eigenvalue weighted by Crippen LogP contribution is 2.48. The van der Waals surface area contributed by atoms with Gasteiger partial charge in [-0.05, 0) is 12.8 Å². The summed E-state index contributed by atoms with van der Waals surface area (Å²) in [6.45, 7) is 0. The molecule has 1 fully saturated rings. The van der Waals surface area contributed by atoms with Crippen molar-refractivity contribution < 1.29 is 23.1 Å². The molecule has 0 atom stereocenters. The molecule has 1 aromatic rings. The smallest absolute Gasteiger partial charge is 0.480 e. The number of halogens is 3. The maximum absolute atomic E-state index is 12.4. The van der Waals surface area contributed by atoms with Crippen molar-refractivity contribution in [3.05, 3.63) is 18.2 Å². The van der Waals surface area contributed by atoms with Gasteiger partial charge in [0, 0.05) is 12.4 Å². The van der Waals surface area contributed by atoms with Gasteiger partial charge in [0.2, 0.25) is 0 Å². The Labute approximate surface area is 82.3 Å². The predicted octanol–water partition coefficient (Wildman–Crippen LogP) is 1.48. The largest absolute Gasteiger partial charge is 0.489 e. The van der Waals surface area contributed by atoms with Crippen LogP contribution in [0.3, 0.4) is 0 Å². The third kappa shape index (κ3) is 1.38. The summed E-state index contributed by atoms with van der Waals surface area (Å²) < 4.78 is 37.3. The minimum atomic E-state index is -4.61. The number of imidazole rings is 1. The lowest BCUT2D eigenvalue weighted by atomic mass is 10.1. The summed E-state index contributed by atoms with van der Waals surface area (Å²) in [6, 6.07) is 0. The SMILES string of the molecule is O=C(O)C1(c2nccn2C(F)(F)F)CC1. The Morgan fingerprint density at radius 2 is 2.13 bits per heavy atom. The number of hydrogen-bond acceptors (Lipinski definition) is 2. The van der Waals surface area contributed by atoms with E-state index in [9.17, 15) is 18.0 Å². The molecule has 1 N–H and O–H groups in total. The molecule has 15 heavy (non-hydrogen) atoms. The first-order valence-electron chi connectivity index (χ1n) is 4.22. The fraction of sp³-hybridized carbons (Fsp3) is 0.500. The molecule has 1 aliphatic carbocycles. The van der Waals surface area contributed by atoms with Crippen LogP contribution in [0.5, 0.6) is 0 Å². The fourth-order valence-corrected chi connectivity index (χ4v) is 1.52. The standard InChI is InChI=1S/C8H7F3N2O2/c9-8(10,11)13-4-3-12-5(13)7(1-2-7)6(14)15/h3-4H,1-2H2,(H,14,15). The number of hydrogen-bond donors (Lipinski definition) is 1. The summed E-state index contributed by atoms with van der Waals surface area (Å²) in [6.07, 6.45) is -2.51. The van der Waals surface area contributed by atoms with Crippen LogP contribution in [0.25, 0.3) is 0 Å². The lowest BCUT2D eigenvalue weighted by molar-refractivity contribution is -0.206. The van der Waals surface area contributed by atoms with Crippen LogP contribution in [-0.4, -0.2) is 20.6 Å². The molecule has 4 nitrogen and oxygen atoms in total. The van der Waals surface area contributed by atoms with Gasteiger partial charge in [0.1, 0.15) is 11.2 Å². The number of carboxylic acid groups (broad SMARTS) is 1. The van der Waals surface area contributed by atoms with Crippen molar-refractivity contribution in [1.29, 1.82) is 0 Å². The molecular weight excluding hydrogens is 213 g/mol. The lowest BCUT2D eigenvalue weighted by Gasteiger charge is -2.14. The first-order chi connectivity index (χ1) is 6.88. The first kappa shape index (κ1) is 10.0. The molecule has 82 valence electrons. The van der Waals surface area contributed by atoms with Gasteiger partial charge in [0.05, 0.1) is 0 Å². The summed E-state index contributed by atoms with van der Waals surface area (Å²) in [5.41, 5.74) is -1.43. The molecule has 0 amide bonds. The molecule has 0 saturated heterocycles. The van der Waals surface area contributed by atoms with E-state index in [2.05, 4.69) is 4.98 Å². The van der Waals surface area contributed by atoms with E-state index in [1.807, 2.05) is 0 Å². The van der Waals surface area contributed by atoms with Crippen molar-refractivity contribution in [3.63, 3.8) is 0 Å². The van der Waals surface area contributed by atoms with Crippen LogP contribution in [0.2, 0.25) is 0 Å². The maximum atomic E-state index is 12.4. The summed E-state index contributed by atoms with van der Waals surface area (Å²) in [4.78, 5) is 14.3. The number of carboxylic acids is 1. The van der Waals surface area contributed by atoms with E-state index in [-0.39, 0.29) is 17.4 Å². The van der Waals surface area contributed by atoms with Crippen LogP contribution in [-0.2, 0) is 16.5 Å². The van der Waals surface area contributed by atoms with E-state index < -0.39 is 23.5 Å². The molecular formula is C8H7F3N2O2. The zero-order chi connectivity index (χ0) is 11.3. The van der Waals surface area contributed by atoms with E-state index in [1.165, 1.54) is 0 Å². The molecule has 0 radical (unpaired) electrons. The van der Waals surface area contributed by atoms with Crippen LogP contribution >= 0.6 is 0 Å². The summed E-state index contributed by atoms with van der Waals surface area (Å²) in [5, 5.41) is 8.85. The van der Waals surface area contributed by atoms with Gasteiger partial charge >= 0.3 is 12.3 Å². The number of aromatic nitrogens is 2. The monoisotopic (exact) mass is 220 g/mol. The van der Waals surface area contributed by atoms with Gasteiger partial charge in [0.25, 0.3) is 0 Å². The molecule has 0 aromatic carbocycles. The Hall–Kier alpha value is -1.53. The van der Waals surface area contributed by atoms with Crippen molar-refractivity contribution in [2.24, 2.45) is 0 Å². The summed E-state index contributed by atoms with van der Waals surface area (Å²) in [5.74, 6) is -1.68. The van der Waals surface area contributed by atoms with Gasteiger partial charge in [-0.25, -0.2) is 9.55 Å². The third-order valence-corrected chi connectivity index (χ3v) is 2.50. The number of carbonyl (C=O) groups is 1. The molecule has 0 spiro atoms. The van der Waals surface area contributed by atoms with E-state index in [0.29, 0.717) is 0 Å². The molecule has 0 unspecified atom stereocenters. The van der Waals surface area contributed by atoms with Crippen molar-refractivity contribution in [2.45, 2.75) is 24.6 Å². The topological polar surface area (TPSA) is 55.1 Å². The second kappa shape index (κ2) is 2.74. The fourth-order valence-electron chi connectivity index (χ4n) is 1.52. The van der Waals surface area contributed by atoms with Crippen LogP contribution in [0.1, 0.15) is 18.7 Å². The first-order valence-corrected chi connectivity index (χ1v) is 4.22. The molecule has 1 heterocycles. The Morgan fingerprint density at radius 3 is 2.53 bits per heavy atom. The van der Waals surface area contributed by atoms with Gasteiger partial charge in [0.15, 0.2) is 0 Å². The third-order valence-electron chi connectivity index (χ3n) is 2.50. The molecule has 0 bridgehead atoms. The maximum Gasteiger partial charge on any atom is 0.489 e. The molecule has 2 rings (SSSR count). The van der Waals surface area contributed by atoms with Crippen molar-refractivity contribution in [3.8, 4) is 0 Å². The van der Waals surface area contributed by atoms with E-state index in [0.717, 1.165) is 12.4 Å². The minimum Gasteiger partial charge on any atom is -0.480 e.